The normalized spacial score (nSPS) is 10.5. The second kappa shape index (κ2) is 9.11. The highest BCUT2D eigenvalue weighted by Gasteiger charge is 2.14. The lowest BCUT2D eigenvalue weighted by atomic mass is 10.1. The Morgan fingerprint density at radius 1 is 1.00 bits per heavy atom. The monoisotopic (exact) mass is 444 g/mol. The molecule has 0 fully saturated rings. The Hall–Kier alpha value is -3.16. The van der Waals surface area contributed by atoms with Gasteiger partial charge in [0.1, 0.15) is 12.2 Å². The van der Waals surface area contributed by atoms with E-state index in [2.05, 4.69) is 15.7 Å². The molecule has 0 bridgehead atoms. The molecule has 3 rings (SSSR count). The smallest absolute Gasteiger partial charge is 0.276 e. The van der Waals surface area contributed by atoms with E-state index < -0.39 is 23.9 Å². The first-order chi connectivity index (χ1) is 14.2. The Labute approximate surface area is 182 Å². The van der Waals surface area contributed by atoms with E-state index >= 15 is 0 Å². The number of aryl methyl sites for hydroxylation is 2. The Bertz CT molecular complexity index is 1190. The summed E-state index contributed by atoms with van der Waals surface area (Å²) in [6.45, 7) is 3.51. The minimum Gasteiger partial charge on any atom is -0.323 e. The van der Waals surface area contributed by atoms with E-state index in [-0.39, 0.29) is 15.7 Å². The van der Waals surface area contributed by atoms with Crippen molar-refractivity contribution in [2.45, 2.75) is 20.4 Å². The maximum absolute atomic E-state index is 12.5. The van der Waals surface area contributed by atoms with Crippen LogP contribution in [0.4, 0.5) is 11.4 Å². The highest BCUT2D eigenvalue weighted by Crippen LogP contribution is 2.29. The van der Waals surface area contributed by atoms with E-state index in [0.29, 0.717) is 11.4 Å². The zero-order chi connectivity index (χ0) is 21.8. The molecule has 9 heteroatoms. The number of benzene rings is 2. The predicted molar refractivity (Wildman–Crippen MR) is 117 cm³/mol. The highest BCUT2D eigenvalue weighted by molar-refractivity contribution is 6.43. The third kappa shape index (κ3) is 5.06. The molecule has 0 saturated heterocycles. The zero-order valence-corrected chi connectivity index (χ0v) is 17.7. The van der Waals surface area contributed by atoms with Crippen LogP contribution in [0.2, 0.25) is 10.0 Å². The number of hydrogen-bond acceptors (Lipinski definition) is 4. The number of nitrogens with zero attached hydrogens (tertiary/aromatic N) is 2. The first-order valence-electron chi connectivity index (χ1n) is 8.95. The van der Waals surface area contributed by atoms with Gasteiger partial charge < -0.3 is 10.6 Å². The van der Waals surface area contributed by atoms with Gasteiger partial charge in [-0.1, -0.05) is 35.3 Å². The number of anilines is 2. The van der Waals surface area contributed by atoms with Crippen LogP contribution in [0.3, 0.4) is 0 Å². The summed E-state index contributed by atoms with van der Waals surface area (Å²) >= 11 is 12.0. The number of aromatic nitrogens is 2. The summed E-state index contributed by atoms with van der Waals surface area (Å²) in [5.74, 6) is -1.04. The fraction of sp³-hybridized carbons (Fsp3) is 0.143. The molecule has 1 heterocycles. The number of amides is 2. The second-order valence-electron chi connectivity index (χ2n) is 6.62. The van der Waals surface area contributed by atoms with Crippen molar-refractivity contribution in [1.82, 2.24) is 9.78 Å². The van der Waals surface area contributed by atoms with Gasteiger partial charge in [-0.3, -0.25) is 14.4 Å². The highest BCUT2D eigenvalue weighted by atomic mass is 35.5. The minimum atomic E-state index is -0.541. The zero-order valence-electron chi connectivity index (χ0n) is 16.2. The lowest BCUT2D eigenvalue weighted by Gasteiger charge is -2.10. The van der Waals surface area contributed by atoms with Crippen LogP contribution in [0, 0.1) is 13.8 Å². The van der Waals surface area contributed by atoms with E-state index in [1.807, 2.05) is 26.0 Å². The Morgan fingerprint density at radius 2 is 1.77 bits per heavy atom. The van der Waals surface area contributed by atoms with Gasteiger partial charge >= 0.3 is 0 Å². The summed E-state index contributed by atoms with van der Waals surface area (Å²) < 4.78 is 0.906. The van der Waals surface area contributed by atoms with Gasteiger partial charge in [0.25, 0.3) is 11.5 Å². The van der Waals surface area contributed by atoms with Gasteiger partial charge in [-0.25, -0.2) is 4.68 Å². The maximum Gasteiger partial charge on any atom is 0.276 e. The third-order valence-electron chi connectivity index (χ3n) is 4.38. The number of hydrogen-bond donors (Lipinski definition) is 2. The summed E-state index contributed by atoms with van der Waals surface area (Å²) in [5, 5.41) is 9.78. The van der Waals surface area contributed by atoms with Crippen molar-refractivity contribution >= 4 is 46.4 Å². The fourth-order valence-corrected chi connectivity index (χ4v) is 2.97. The third-order valence-corrected chi connectivity index (χ3v) is 5.20. The van der Waals surface area contributed by atoms with E-state index in [1.54, 1.807) is 24.3 Å². The molecule has 30 heavy (non-hydrogen) atoms. The molecule has 7 nitrogen and oxygen atoms in total. The Morgan fingerprint density at radius 3 is 2.50 bits per heavy atom. The number of carbonyl (C=O) groups is 2. The standard InChI is InChI=1S/C21H18Cl2N4O3/c1-12-6-7-14(10-13(12)2)24-21(30)17-8-9-19(29)27(26-17)11-18(28)25-16-5-3-4-15(22)20(16)23/h3-10H,11H2,1-2H3,(H,24,30)(H,25,28). The molecule has 0 unspecified atom stereocenters. The largest absolute Gasteiger partial charge is 0.323 e. The van der Waals surface area contributed by atoms with Gasteiger partial charge in [-0.15, -0.1) is 0 Å². The summed E-state index contributed by atoms with van der Waals surface area (Å²) in [6.07, 6.45) is 0. The van der Waals surface area contributed by atoms with E-state index in [1.165, 1.54) is 12.1 Å². The van der Waals surface area contributed by atoms with Gasteiger partial charge in [-0.05, 0) is 55.3 Å². The first-order valence-corrected chi connectivity index (χ1v) is 9.71. The molecule has 0 aliphatic heterocycles. The van der Waals surface area contributed by atoms with Crippen LogP contribution in [0.25, 0.3) is 0 Å². The SMILES string of the molecule is Cc1ccc(NC(=O)c2ccc(=O)n(CC(=O)Nc3cccc(Cl)c3Cl)n2)cc1C. The molecule has 0 saturated carbocycles. The molecular weight excluding hydrogens is 427 g/mol. The van der Waals surface area contributed by atoms with Crippen molar-refractivity contribution in [2.75, 3.05) is 10.6 Å². The molecule has 0 radical (unpaired) electrons. The first kappa shape index (κ1) is 21.5. The van der Waals surface area contributed by atoms with Crippen molar-refractivity contribution in [3.63, 3.8) is 0 Å². The van der Waals surface area contributed by atoms with E-state index in [9.17, 15) is 14.4 Å². The topological polar surface area (TPSA) is 93.1 Å². The average molecular weight is 445 g/mol. The van der Waals surface area contributed by atoms with Crippen molar-refractivity contribution in [3.05, 3.63) is 85.8 Å². The molecule has 0 atom stereocenters. The molecule has 2 N–H and O–H groups in total. The summed E-state index contributed by atoms with van der Waals surface area (Å²) in [6, 6.07) is 12.8. The van der Waals surface area contributed by atoms with Crippen LogP contribution >= 0.6 is 23.2 Å². The van der Waals surface area contributed by atoms with Crippen LogP contribution in [-0.2, 0) is 11.3 Å². The average Bonchev–Trinajstić information content (AvgIpc) is 2.70. The van der Waals surface area contributed by atoms with Gasteiger partial charge in [0.2, 0.25) is 5.91 Å². The number of rotatable bonds is 5. The molecule has 154 valence electrons. The molecule has 2 amide bonds. The van der Waals surface area contributed by atoms with Crippen LogP contribution in [0.15, 0.2) is 53.3 Å². The molecule has 0 spiro atoms. The summed E-state index contributed by atoms with van der Waals surface area (Å²) in [5.41, 5.74) is 2.53. The van der Waals surface area contributed by atoms with Crippen LogP contribution < -0.4 is 16.2 Å². The lowest BCUT2D eigenvalue weighted by molar-refractivity contribution is -0.117. The molecule has 0 aliphatic carbocycles. The molecular formula is C21H18Cl2N4O3. The van der Waals surface area contributed by atoms with Crippen LogP contribution in [-0.4, -0.2) is 21.6 Å². The summed E-state index contributed by atoms with van der Waals surface area (Å²) in [4.78, 5) is 36.9. The lowest BCUT2D eigenvalue weighted by Crippen LogP contribution is -2.31. The fourth-order valence-electron chi connectivity index (χ4n) is 2.62. The Balaban J connectivity index is 1.75. The number of nitrogens with one attached hydrogen (secondary N) is 2. The van der Waals surface area contributed by atoms with E-state index in [0.717, 1.165) is 15.8 Å². The molecule has 0 aliphatic rings. The van der Waals surface area contributed by atoms with Crippen molar-refractivity contribution in [1.29, 1.82) is 0 Å². The summed E-state index contributed by atoms with van der Waals surface area (Å²) in [7, 11) is 0. The van der Waals surface area contributed by atoms with Crippen molar-refractivity contribution < 1.29 is 9.59 Å². The second-order valence-corrected chi connectivity index (χ2v) is 7.40. The minimum absolute atomic E-state index is 0.00131. The maximum atomic E-state index is 12.5. The van der Waals surface area contributed by atoms with Gasteiger partial charge in [-0.2, -0.15) is 5.10 Å². The van der Waals surface area contributed by atoms with Gasteiger partial charge in [0.15, 0.2) is 0 Å². The van der Waals surface area contributed by atoms with Gasteiger partial charge in [0.05, 0.1) is 15.7 Å². The Kier molecular flexibility index (Phi) is 6.54. The molecule has 1 aromatic heterocycles. The van der Waals surface area contributed by atoms with Crippen LogP contribution in [0.1, 0.15) is 21.6 Å². The van der Waals surface area contributed by atoms with E-state index in [4.69, 9.17) is 23.2 Å². The molecule has 3 aromatic rings. The predicted octanol–water partition coefficient (Wildman–Crippen LogP) is 4.06. The van der Waals surface area contributed by atoms with Crippen molar-refractivity contribution in [2.24, 2.45) is 0 Å². The molecule has 2 aromatic carbocycles. The number of carbonyl (C=O) groups excluding carboxylic acids is 2. The number of halogens is 2. The van der Waals surface area contributed by atoms with Gasteiger partial charge in [0, 0.05) is 11.8 Å². The van der Waals surface area contributed by atoms with Crippen LogP contribution in [0.5, 0.6) is 0 Å². The quantitative estimate of drug-likeness (QED) is 0.620. The van der Waals surface area contributed by atoms with Crippen molar-refractivity contribution in [3.8, 4) is 0 Å².